The van der Waals surface area contributed by atoms with Crippen molar-refractivity contribution >= 4 is 27.5 Å². The van der Waals surface area contributed by atoms with Crippen LogP contribution in [0.3, 0.4) is 0 Å². The van der Waals surface area contributed by atoms with Gasteiger partial charge in [0.1, 0.15) is 12.4 Å². The van der Waals surface area contributed by atoms with Crippen molar-refractivity contribution in [3.05, 3.63) is 23.8 Å². The van der Waals surface area contributed by atoms with Crippen molar-refractivity contribution in [2.75, 3.05) is 52.0 Å². The van der Waals surface area contributed by atoms with Gasteiger partial charge in [0.2, 0.25) is 15.9 Å². The molecule has 2 N–H and O–H groups in total. The molecule has 0 aromatic heterocycles. The van der Waals surface area contributed by atoms with E-state index in [9.17, 15) is 18.0 Å². The minimum atomic E-state index is -3.35. The number of nitrogens with zero attached hydrogens (tertiary/aromatic N) is 2. The number of fused-ring (bicyclic) bond motifs is 1. The van der Waals surface area contributed by atoms with Crippen LogP contribution in [0.15, 0.2) is 18.2 Å². The summed E-state index contributed by atoms with van der Waals surface area (Å²) in [6.07, 6.45) is 0.154. The number of nitrogens with one attached hydrogen (secondary N) is 2. The van der Waals surface area contributed by atoms with E-state index in [1.807, 2.05) is 11.9 Å². The largest absolute Gasteiger partial charge is 0.489 e. The first-order chi connectivity index (χ1) is 12.6. The van der Waals surface area contributed by atoms with Gasteiger partial charge in [0.25, 0.3) is 5.91 Å². The van der Waals surface area contributed by atoms with Gasteiger partial charge in [-0.3, -0.25) is 9.59 Å². The van der Waals surface area contributed by atoms with E-state index < -0.39 is 10.0 Å². The quantitative estimate of drug-likeness (QED) is 0.650. The number of carbonyl (C=O) groups excluding carboxylic acids is 2. The third-order valence-corrected chi connectivity index (χ3v) is 5.76. The van der Waals surface area contributed by atoms with E-state index in [2.05, 4.69) is 10.0 Å². The summed E-state index contributed by atoms with van der Waals surface area (Å²) in [7, 11) is 3.19. The molecule has 10 heteroatoms. The van der Waals surface area contributed by atoms with Crippen LogP contribution in [0, 0.1) is 0 Å². The number of sulfonamides is 1. The van der Waals surface area contributed by atoms with E-state index in [0.717, 1.165) is 5.69 Å². The minimum absolute atomic E-state index is 0.0391. The second-order valence-corrected chi connectivity index (χ2v) is 8.58. The third kappa shape index (κ3) is 5.33. The van der Waals surface area contributed by atoms with Gasteiger partial charge >= 0.3 is 0 Å². The zero-order valence-electron chi connectivity index (χ0n) is 16.0. The van der Waals surface area contributed by atoms with Gasteiger partial charge in [-0.15, -0.1) is 0 Å². The van der Waals surface area contributed by atoms with Gasteiger partial charge in [-0.2, -0.15) is 0 Å². The molecule has 1 heterocycles. The standard InChI is InChI=1S/C17H26N4O5S/c1-18-27(24,25)8-7-19-16(22)10-13-11-26-15-6-5-12(17(23)20(2)3)9-14(15)21(13)4/h5-6,9,13,18H,7-8,10-11H2,1-4H3,(H,19,22). The summed E-state index contributed by atoms with van der Waals surface area (Å²) in [4.78, 5) is 27.7. The number of hydrogen-bond donors (Lipinski definition) is 2. The van der Waals surface area contributed by atoms with Crippen LogP contribution >= 0.6 is 0 Å². The number of benzene rings is 1. The SMILES string of the molecule is CNS(=O)(=O)CCNC(=O)CC1COc2ccc(C(=O)N(C)C)cc2N1C. The maximum Gasteiger partial charge on any atom is 0.253 e. The maximum atomic E-state index is 12.2. The van der Waals surface area contributed by atoms with Crippen molar-refractivity contribution in [1.82, 2.24) is 14.9 Å². The van der Waals surface area contributed by atoms with E-state index in [1.165, 1.54) is 11.9 Å². The third-order valence-electron chi connectivity index (χ3n) is 4.40. The van der Waals surface area contributed by atoms with Crippen LogP contribution in [-0.4, -0.2) is 78.3 Å². The van der Waals surface area contributed by atoms with Gasteiger partial charge in [-0.05, 0) is 25.2 Å². The Morgan fingerprint density at radius 3 is 2.67 bits per heavy atom. The van der Waals surface area contributed by atoms with Crippen molar-refractivity contribution in [2.24, 2.45) is 0 Å². The van der Waals surface area contributed by atoms with Crippen molar-refractivity contribution in [2.45, 2.75) is 12.5 Å². The van der Waals surface area contributed by atoms with E-state index in [0.29, 0.717) is 17.9 Å². The van der Waals surface area contributed by atoms with Crippen LogP contribution in [0.5, 0.6) is 5.75 Å². The lowest BCUT2D eigenvalue weighted by Gasteiger charge is -2.35. The topological polar surface area (TPSA) is 108 Å². The van der Waals surface area contributed by atoms with Gasteiger partial charge in [0, 0.05) is 33.3 Å². The molecule has 1 atom stereocenters. The van der Waals surface area contributed by atoms with Crippen molar-refractivity contribution in [3.8, 4) is 5.75 Å². The molecular weight excluding hydrogens is 372 g/mol. The first-order valence-corrected chi connectivity index (χ1v) is 10.2. The zero-order chi connectivity index (χ0) is 20.2. The van der Waals surface area contributed by atoms with Gasteiger partial charge in [-0.25, -0.2) is 13.1 Å². The van der Waals surface area contributed by atoms with Crippen LogP contribution in [0.1, 0.15) is 16.8 Å². The normalized spacial score (nSPS) is 16.3. The summed E-state index contributed by atoms with van der Waals surface area (Å²) in [5, 5.41) is 2.61. The van der Waals surface area contributed by atoms with Crippen molar-refractivity contribution < 1.29 is 22.7 Å². The highest BCUT2D eigenvalue weighted by Crippen LogP contribution is 2.34. The predicted molar refractivity (Wildman–Crippen MR) is 103 cm³/mol. The second-order valence-electron chi connectivity index (χ2n) is 6.53. The molecule has 1 aromatic rings. The van der Waals surface area contributed by atoms with E-state index in [1.54, 1.807) is 32.3 Å². The van der Waals surface area contributed by atoms with Crippen LogP contribution in [-0.2, 0) is 14.8 Å². The van der Waals surface area contributed by atoms with E-state index in [-0.39, 0.29) is 36.6 Å². The zero-order valence-corrected chi connectivity index (χ0v) is 16.8. The lowest BCUT2D eigenvalue weighted by atomic mass is 10.1. The first kappa shape index (κ1) is 21.0. The molecule has 0 aliphatic carbocycles. The van der Waals surface area contributed by atoms with Crippen LogP contribution in [0.25, 0.3) is 0 Å². The molecule has 1 unspecified atom stereocenters. The van der Waals surface area contributed by atoms with Crippen molar-refractivity contribution in [1.29, 1.82) is 0 Å². The van der Waals surface area contributed by atoms with Crippen LogP contribution < -0.4 is 19.7 Å². The monoisotopic (exact) mass is 398 g/mol. The smallest absolute Gasteiger partial charge is 0.253 e. The number of carbonyl (C=O) groups is 2. The molecule has 0 spiro atoms. The number of ether oxygens (including phenoxy) is 1. The van der Waals surface area contributed by atoms with E-state index >= 15 is 0 Å². The van der Waals surface area contributed by atoms with Crippen LogP contribution in [0.2, 0.25) is 0 Å². The molecule has 2 amide bonds. The summed E-state index contributed by atoms with van der Waals surface area (Å²) in [5.74, 6) is 0.109. The summed E-state index contributed by atoms with van der Waals surface area (Å²) in [6, 6.07) is 5.00. The Hall–Kier alpha value is -2.33. The molecule has 0 saturated heterocycles. The summed E-state index contributed by atoms with van der Waals surface area (Å²) < 4.78 is 30.7. The molecular formula is C17H26N4O5S. The number of hydrogen-bond acceptors (Lipinski definition) is 6. The number of likely N-dealkylation sites (N-methyl/N-ethyl adjacent to an activating group) is 1. The van der Waals surface area contributed by atoms with Crippen molar-refractivity contribution in [3.63, 3.8) is 0 Å². The summed E-state index contributed by atoms with van der Waals surface area (Å²) in [5.41, 5.74) is 1.28. The molecule has 27 heavy (non-hydrogen) atoms. The van der Waals surface area contributed by atoms with Crippen LogP contribution in [0.4, 0.5) is 5.69 Å². The maximum absolute atomic E-state index is 12.2. The molecule has 9 nitrogen and oxygen atoms in total. The predicted octanol–water partition coefficient (Wildman–Crippen LogP) is -0.359. The molecule has 1 aliphatic heterocycles. The lowest BCUT2D eigenvalue weighted by Crippen LogP contribution is -2.44. The Kier molecular flexibility index (Phi) is 6.66. The molecule has 0 saturated carbocycles. The average molecular weight is 398 g/mol. The highest BCUT2D eigenvalue weighted by atomic mass is 32.2. The first-order valence-electron chi connectivity index (χ1n) is 8.54. The Morgan fingerprint density at radius 1 is 1.33 bits per heavy atom. The Labute approximate surface area is 159 Å². The lowest BCUT2D eigenvalue weighted by molar-refractivity contribution is -0.121. The molecule has 0 radical (unpaired) electrons. The summed E-state index contributed by atoms with van der Waals surface area (Å²) in [6.45, 7) is 0.365. The average Bonchev–Trinajstić information content (AvgIpc) is 2.63. The fourth-order valence-electron chi connectivity index (χ4n) is 2.71. The van der Waals surface area contributed by atoms with Gasteiger partial charge in [-0.1, -0.05) is 0 Å². The van der Waals surface area contributed by atoms with E-state index in [4.69, 9.17) is 4.74 Å². The highest BCUT2D eigenvalue weighted by Gasteiger charge is 2.27. The number of rotatable bonds is 7. The summed E-state index contributed by atoms with van der Waals surface area (Å²) >= 11 is 0. The van der Waals surface area contributed by atoms with Gasteiger partial charge in [0.15, 0.2) is 0 Å². The fraction of sp³-hybridized carbons (Fsp3) is 0.529. The minimum Gasteiger partial charge on any atom is -0.489 e. The molecule has 2 rings (SSSR count). The molecule has 1 aliphatic rings. The van der Waals surface area contributed by atoms with Gasteiger partial charge < -0.3 is 19.9 Å². The molecule has 0 fully saturated rings. The molecule has 0 bridgehead atoms. The Morgan fingerprint density at radius 2 is 2.04 bits per heavy atom. The second kappa shape index (κ2) is 8.57. The molecule has 1 aromatic carbocycles. The highest BCUT2D eigenvalue weighted by molar-refractivity contribution is 7.89. The Balaban J connectivity index is 2.01. The number of anilines is 1. The number of amides is 2. The molecule has 150 valence electrons. The Bertz CT molecular complexity index is 810. The fourth-order valence-corrected chi connectivity index (χ4v) is 3.28. The van der Waals surface area contributed by atoms with Gasteiger partial charge in [0.05, 0.1) is 23.9 Å².